The van der Waals surface area contributed by atoms with Crippen molar-refractivity contribution in [2.45, 2.75) is 6.61 Å². The quantitative estimate of drug-likeness (QED) is 0.931. The fourth-order valence-corrected chi connectivity index (χ4v) is 1.70. The van der Waals surface area contributed by atoms with Crippen LogP contribution in [0.5, 0.6) is 11.5 Å². The van der Waals surface area contributed by atoms with Crippen LogP contribution in [-0.2, 0) is 6.61 Å². The second-order valence-corrected chi connectivity index (χ2v) is 4.38. The van der Waals surface area contributed by atoms with Crippen LogP contribution in [0.1, 0.15) is 5.56 Å². The highest BCUT2D eigenvalue weighted by Crippen LogP contribution is 2.26. The number of rotatable bonds is 3. The average molecular weight is 297 g/mol. The van der Waals surface area contributed by atoms with Crippen molar-refractivity contribution in [3.05, 3.63) is 58.3 Å². The van der Waals surface area contributed by atoms with Gasteiger partial charge in [-0.05, 0) is 45.8 Å². The van der Waals surface area contributed by atoms with Crippen molar-refractivity contribution in [1.82, 2.24) is 0 Å². The third-order valence-corrected chi connectivity index (χ3v) is 2.88. The summed E-state index contributed by atoms with van der Waals surface area (Å²) in [4.78, 5) is 0. The van der Waals surface area contributed by atoms with Crippen LogP contribution >= 0.6 is 15.9 Å². The summed E-state index contributed by atoms with van der Waals surface area (Å²) < 4.78 is 19.2. The number of hydrogen-bond donors (Lipinski definition) is 1. The molecule has 0 bridgehead atoms. The van der Waals surface area contributed by atoms with E-state index in [0.717, 1.165) is 5.56 Å². The Hall–Kier alpha value is -1.55. The van der Waals surface area contributed by atoms with E-state index < -0.39 is 0 Å². The monoisotopic (exact) mass is 296 g/mol. The lowest BCUT2D eigenvalue weighted by atomic mass is 10.2. The maximum atomic E-state index is 13.0. The second-order valence-electron chi connectivity index (χ2n) is 3.53. The zero-order valence-electron chi connectivity index (χ0n) is 8.86. The van der Waals surface area contributed by atoms with E-state index in [2.05, 4.69) is 15.9 Å². The summed E-state index contributed by atoms with van der Waals surface area (Å²) in [6.07, 6.45) is 0. The fraction of sp³-hybridized carbons (Fsp3) is 0.0769. The number of hydrogen-bond acceptors (Lipinski definition) is 2. The van der Waals surface area contributed by atoms with Crippen LogP contribution in [0.2, 0.25) is 0 Å². The molecule has 88 valence electrons. The Labute approximate surface area is 107 Å². The van der Waals surface area contributed by atoms with Crippen molar-refractivity contribution >= 4 is 15.9 Å². The molecule has 0 aliphatic rings. The van der Waals surface area contributed by atoms with E-state index in [1.807, 2.05) is 0 Å². The van der Waals surface area contributed by atoms with Crippen LogP contribution in [0.4, 0.5) is 4.39 Å². The first-order valence-corrected chi connectivity index (χ1v) is 5.80. The summed E-state index contributed by atoms with van der Waals surface area (Å²) in [5.41, 5.74) is 0.902. The van der Waals surface area contributed by atoms with Crippen molar-refractivity contribution in [1.29, 1.82) is 0 Å². The zero-order valence-corrected chi connectivity index (χ0v) is 10.4. The lowest BCUT2D eigenvalue weighted by Crippen LogP contribution is -1.96. The Kier molecular flexibility index (Phi) is 3.64. The van der Waals surface area contributed by atoms with Crippen molar-refractivity contribution in [3.8, 4) is 11.5 Å². The molecule has 4 heteroatoms. The lowest BCUT2D eigenvalue weighted by molar-refractivity contribution is 0.302. The molecule has 0 saturated heterocycles. The Morgan fingerprint density at radius 1 is 1.12 bits per heavy atom. The van der Waals surface area contributed by atoms with Crippen LogP contribution in [0.25, 0.3) is 0 Å². The Balaban J connectivity index is 2.07. The van der Waals surface area contributed by atoms with Crippen LogP contribution < -0.4 is 4.74 Å². The van der Waals surface area contributed by atoms with Crippen molar-refractivity contribution in [2.75, 3.05) is 0 Å². The van der Waals surface area contributed by atoms with E-state index in [1.54, 1.807) is 30.3 Å². The molecule has 0 fully saturated rings. The molecule has 0 aliphatic carbocycles. The van der Waals surface area contributed by atoms with E-state index in [9.17, 15) is 4.39 Å². The van der Waals surface area contributed by atoms with Gasteiger partial charge < -0.3 is 9.84 Å². The van der Waals surface area contributed by atoms with Crippen molar-refractivity contribution in [2.24, 2.45) is 0 Å². The highest BCUT2D eigenvalue weighted by Gasteiger charge is 2.03. The van der Waals surface area contributed by atoms with E-state index in [0.29, 0.717) is 16.8 Å². The second kappa shape index (κ2) is 5.19. The average Bonchev–Trinajstić information content (AvgIpc) is 2.32. The molecule has 0 aliphatic heterocycles. The molecular formula is C13H10BrFO2. The first kappa shape index (κ1) is 11.9. The molecule has 1 N–H and O–H groups in total. The Morgan fingerprint density at radius 3 is 2.53 bits per heavy atom. The van der Waals surface area contributed by atoms with Gasteiger partial charge in [0, 0.05) is 6.07 Å². The summed E-state index contributed by atoms with van der Waals surface area (Å²) >= 11 is 3.28. The van der Waals surface area contributed by atoms with Gasteiger partial charge in [-0.2, -0.15) is 0 Å². The molecule has 2 nitrogen and oxygen atoms in total. The number of aromatic hydroxyl groups is 1. The standard InChI is InChI=1S/C13H10BrFO2/c14-12-6-3-10(15)7-13(12)17-8-9-1-4-11(16)5-2-9/h1-7,16H,8H2. The van der Waals surface area contributed by atoms with Crippen LogP contribution in [0, 0.1) is 5.82 Å². The van der Waals surface area contributed by atoms with Gasteiger partial charge in [0.25, 0.3) is 0 Å². The molecule has 0 amide bonds. The number of phenols is 1. The summed E-state index contributed by atoms with van der Waals surface area (Å²) in [6.45, 7) is 0.322. The topological polar surface area (TPSA) is 29.5 Å². The largest absolute Gasteiger partial charge is 0.508 e. The van der Waals surface area contributed by atoms with Gasteiger partial charge in [-0.15, -0.1) is 0 Å². The molecule has 2 aromatic carbocycles. The molecule has 0 atom stereocenters. The number of phenolic OH excluding ortho intramolecular Hbond substituents is 1. The Bertz CT molecular complexity index is 511. The first-order chi connectivity index (χ1) is 8.15. The summed E-state index contributed by atoms with van der Waals surface area (Å²) in [5.74, 6) is 0.327. The summed E-state index contributed by atoms with van der Waals surface area (Å²) in [5, 5.41) is 9.12. The predicted molar refractivity (Wildman–Crippen MR) is 66.5 cm³/mol. The van der Waals surface area contributed by atoms with Crippen LogP contribution in [-0.4, -0.2) is 5.11 Å². The smallest absolute Gasteiger partial charge is 0.136 e. The normalized spacial score (nSPS) is 10.2. The molecule has 17 heavy (non-hydrogen) atoms. The van der Waals surface area contributed by atoms with Gasteiger partial charge in [0.2, 0.25) is 0 Å². The molecule has 0 spiro atoms. The Morgan fingerprint density at radius 2 is 1.82 bits per heavy atom. The first-order valence-electron chi connectivity index (χ1n) is 5.01. The van der Waals surface area contributed by atoms with Crippen molar-refractivity contribution in [3.63, 3.8) is 0 Å². The predicted octanol–water partition coefficient (Wildman–Crippen LogP) is 3.87. The molecular weight excluding hydrogens is 287 g/mol. The van der Waals surface area contributed by atoms with Crippen molar-refractivity contribution < 1.29 is 14.2 Å². The number of benzene rings is 2. The van der Waals surface area contributed by atoms with Gasteiger partial charge in [-0.25, -0.2) is 4.39 Å². The highest BCUT2D eigenvalue weighted by molar-refractivity contribution is 9.10. The number of ether oxygens (including phenoxy) is 1. The third kappa shape index (κ3) is 3.20. The maximum Gasteiger partial charge on any atom is 0.136 e. The van der Waals surface area contributed by atoms with E-state index >= 15 is 0 Å². The van der Waals surface area contributed by atoms with Gasteiger partial charge in [-0.3, -0.25) is 0 Å². The third-order valence-electron chi connectivity index (χ3n) is 2.22. The summed E-state index contributed by atoms with van der Waals surface area (Å²) in [6, 6.07) is 11.0. The van der Waals surface area contributed by atoms with Crippen LogP contribution in [0.15, 0.2) is 46.9 Å². The lowest BCUT2D eigenvalue weighted by Gasteiger charge is -2.08. The molecule has 0 radical (unpaired) electrons. The minimum atomic E-state index is -0.339. The van der Waals surface area contributed by atoms with E-state index in [4.69, 9.17) is 9.84 Å². The minimum absolute atomic E-state index is 0.209. The molecule has 0 saturated carbocycles. The number of halogens is 2. The molecule has 0 aromatic heterocycles. The van der Waals surface area contributed by atoms with E-state index in [1.165, 1.54) is 12.1 Å². The zero-order chi connectivity index (χ0) is 12.3. The minimum Gasteiger partial charge on any atom is -0.508 e. The SMILES string of the molecule is Oc1ccc(COc2cc(F)ccc2Br)cc1. The molecule has 2 rings (SSSR count). The van der Waals surface area contributed by atoms with Gasteiger partial charge in [-0.1, -0.05) is 12.1 Å². The summed E-state index contributed by atoms with van der Waals surface area (Å²) in [7, 11) is 0. The van der Waals surface area contributed by atoms with Crippen LogP contribution in [0.3, 0.4) is 0 Å². The maximum absolute atomic E-state index is 13.0. The van der Waals surface area contributed by atoms with Gasteiger partial charge >= 0.3 is 0 Å². The fourth-order valence-electron chi connectivity index (χ4n) is 1.34. The van der Waals surface area contributed by atoms with Gasteiger partial charge in [0.1, 0.15) is 23.9 Å². The van der Waals surface area contributed by atoms with E-state index in [-0.39, 0.29) is 11.6 Å². The van der Waals surface area contributed by atoms with Gasteiger partial charge in [0.05, 0.1) is 4.47 Å². The molecule has 0 unspecified atom stereocenters. The molecule has 0 heterocycles. The van der Waals surface area contributed by atoms with Gasteiger partial charge in [0.15, 0.2) is 0 Å². The molecule has 2 aromatic rings. The highest BCUT2D eigenvalue weighted by atomic mass is 79.9.